The molecule has 2 fully saturated rings. The van der Waals surface area contributed by atoms with E-state index < -0.39 is 9.84 Å². The quantitative estimate of drug-likeness (QED) is 0.720. The Labute approximate surface area is 148 Å². The van der Waals surface area contributed by atoms with Crippen LogP contribution in [0, 0.1) is 29.1 Å². The predicted octanol–water partition coefficient (Wildman–Crippen LogP) is 5.34. The molecule has 5 atom stereocenters. The molecule has 3 rings (SSSR count). The summed E-state index contributed by atoms with van der Waals surface area (Å²) in [6.07, 6.45) is 7.49. The van der Waals surface area contributed by atoms with Crippen LogP contribution in [0.1, 0.15) is 59.3 Å². The van der Waals surface area contributed by atoms with Crippen LogP contribution in [0.25, 0.3) is 0 Å². The maximum atomic E-state index is 12.6. The Morgan fingerprint density at radius 1 is 1.17 bits per heavy atom. The minimum atomic E-state index is -3.14. The van der Waals surface area contributed by atoms with Gasteiger partial charge in [-0.05, 0) is 66.9 Å². The second-order valence-corrected chi connectivity index (χ2v) is 10.7. The van der Waals surface area contributed by atoms with Crippen LogP contribution in [0.2, 0.25) is 0 Å². The molecular formula is C21H32O2S. The highest BCUT2D eigenvalue weighted by Crippen LogP contribution is 2.59. The first kappa shape index (κ1) is 18.0. The van der Waals surface area contributed by atoms with Gasteiger partial charge in [0.15, 0.2) is 9.84 Å². The molecular weight excluding hydrogens is 316 g/mol. The van der Waals surface area contributed by atoms with Gasteiger partial charge in [-0.3, -0.25) is 0 Å². The molecule has 2 saturated carbocycles. The molecule has 0 aliphatic heterocycles. The van der Waals surface area contributed by atoms with Crippen molar-refractivity contribution in [3.05, 3.63) is 30.3 Å². The minimum Gasteiger partial charge on any atom is -0.224 e. The summed E-state index contributed by atoms with van der Waals surface area (Å²) in [5.41, 5.74) is 0.438. The van der Waals surface area contributed by atoms with Gasteiger partial charge in [0, 0.05) is 0 Å². The van der Waals surface area contributed by atoms with Gasteiger partial charge in [0.1, 0.15) is 0 Å². The highest BCUT2D eigenvalue weighted by atomic mass is 32.2. The lowest BCUT2D eigenvalue weighted by atomic mass is 9.59. The maximum absolute atomic E-state index is 12.6. The van der Waals surface area contributed by atoms with Gasteiger partial charge < -0.3 is 0 Å². The molecule has 0 N–H and O–H groups in total. The summed E-state index contributed by atoms with van der Waals surface area (Å²) in [4.78, 5) is 0.471. The first-order valence-corrected chi connectivity index (χ1v) is 11.3. The molecule has 0 bridgehead atoms. The van der Waals surface area contributed by atoms with Gasteiger partial charge >= 0.3 is 0 Å². The average molecular weight is 349 g/mol. The van der Waals surface area contributed by atoms with Crippen molar-refractivity contribution >= 4 is 9.84 Å². The third-order valence-corrected chi connectivity index (χ3v) is 8.94. The summed E-state index contributed by atoms with van der Waals surface area (Å²) < 4.78 is 25.1. The molecule has 0 heterocycles. The Balaban J connectivity index is 1.66. The first-order valence-electron chi connectivity index (χ1n) is 9.62. The second-order valence-electron chi connectivity index (χ2n) is 8.56. The number of fused-ring (bicyclic) bond motifs is 1. The molecule has 24 heavy (non-hydrogen) atoms. The zero-order chi connectivity index (χ0) is 17.4. The van der Waals surface area contributed by atoms with Crippen molar-refractivity contribution in [1.82, 2.24) is 0 Å². The van der Waals surface area contributed by atoms with Crippen molar-refractivity contribution in [2.45, 2.75) is 64.2 Å². The van der Waals surface area contributed by atoms with Gasteiger partial charge in [0.25, 0.3) is 0 Å². The van der Waals surface area contributed by atoms with E-state index in [-0.39, 0.29) is 5.75 Å². The van der Waals surface area contributed by atoms with Crippen molar-refractivity contribution in [3.8, 4) is 0 Å². The average Bonchev–Trinajstić information content (AvgIpc) is 2.92. The molecule has 0 unspecified atom stereocenters. The summed E-state index contributed by atoms with van der Waals surface area (Å²) in [5.74, 6) is 3.16. The molecule has 0 radical (unpaired) electrons. The lowest BCUT2D eigenvalue weighted by Crippen LogP contribution is -2.38. The standard InChI is InChI=1S/C21H32O2S/c1-16-8-7-14-21(3)19(16)11-12-20(21)17(2)13-15-24(22,23)18-9-5-4-6-10-18/h4-6,9-10,16-17,19-20H,7-8,11-15H2,1-3H3/t16-,17+,19-,20+,21-/m0/s1. The SMILES string of the molecule is C[C@H](CCS(=O)(=O)c1ccccc1)[C@H]1CC[C@H]2[C@@H](C)CCC[C@]12C. The van der Waals surface area contributed by atoms with E-state index in [4.69, 9.17) is 0 Å². The minimum absolute atomic E-state index is 0.283. The Hall–Kier alpha value is -0.830. The van der Waals surface area contributed by atoms with Crippen LogP contribution in [-0.4, -0.2) is 14.2 Å². The van der Waals surface area contributed by atoms with Gasteiger partial charge in [-0.1, -0.05) is 51.8 Å². The largest absolute Gasteiger partial charge is 0.224 e. The molecule has 0 saturated heterocycles. The van der Waals surface area contributed by atoms with Crippen LogP contribution in [-0.2, 0) is 9.84 Å². The van der Waals surface area contributed by atoms with Crippen LogP contribution < -0.4 is 0 Å². The molecule has 3 heteroatoms. The Kier molecular flexibility index (Phi) is 5.11. The van der Waals surface area contributed by atoms with Gasteiger partial charge in [-0.15, -0.1) is 0 Å². The summed E-state index contributed by atoms with van der Waals surface area (Å²) >= 11 is 0. The fourth-order valence-corrected chi connectivity index (χ4v) is 7.32. The Morgan fingerprint density at radius 3 is 2.58 bits per heavy atom. The molecule has 2 nitrogen and oxygen atoms in total. The molecule has 1 aromatic carbocycles. The zero-order valence-electron chi connectivity index (χ0n) is 15.4. The second kappa shape index (κ2) is 6.82. The van der Waals surface area contributed by atoms with E-state index in [0.29, 0.717) is 22.1 Å². The van der Waals surface area contributed by atoms with E-state index in [1.165, 1.54) is 32.1 Å². The summed E-state index contributed by atoms with van der Waals surface area (Å²) in [6.45, 7) is 7.21. The van der Waals surface area contributed by atoms with Gasteiger partial charge in [0.05, 0.1) is 10.6 Å². The van der Waals surface area contributed by atoms with E-state index in [1.807, 2.05) is 18.2 Å². The summed E-state index contributed by atoms with van der Waals surface area (Å²) in [5, 5.41) is 0. The molecule has 0 spiro atoms. The van der Waals surface area contributed by atoms with Crippen LogP contribution in [0.4, 0.5) is 0 Å². The number of rotatable bonds is 5. The van der Waals surface area contributed by atoms with Crippen molar-refractivity contribution in [2.75, 3.05) is 5.75 Å². The normalized spacial score (nSPS) is 34.7. The van der Waals surface area contributed by atoms with Crippen molar-refractivity contribution in [1.29, 1.82) is 0 Å². The lowest BCUT2D eigenvalue weighted by molar-refractivity contribution is 0.0363. The highest BCUT2D eigenvalue weighted by Gasteiger charge is 2.51. The topological polar surface area (TPSA) is 34.1 Å². The van der Waals surface area contributed by atoms with Crippen LogP contribution in [0.3, 0.4) is 0 Å². The third-order valence-electron chi connectivity index (χ3n) is 7.18. The van der Waals surface area contributed by atoms with Crippen molar-refractivity contribution in [3.63, 3.8) is 0 Å². The number of hydrogen-bond acceptors (Lipinski definition) is 2. The van der Waals surface area contributed by atoms with E-state index >= 15 is 0 Å². The third kappa shape index (κ3) is 3.29. The van der Waals surface area contributed by atoms with E-state index in [1.54, 1.807) is 12.1 Å². The van der Waals surface area contributed by atoms with E-state index in [2.05, 4.69) is 20.8 Å². The summed E-state index contributed by atoms with van der Waals surface area (Å²) in [6, 6.07) is 8.92. The van der Waals surface area contributed by atoms with E-state index in [0.717, 1.165) is 18.3 Å². The molecule has 0 amide bonds. The number of sulfone groups is 1. The molecule has 0 aromatic heterocycles. The number of hydrogen-bond donors (Lipinski definition) is 0. The monoisotopic (exact) mass is 348 g/mol. The van der Waals surface area contributed by atoms with Gasteiger partial charge in [-0.2, -0.15) is 0 Å². The predicted molar refractivity (Wildman–Crippen MR) is 99.6 cm³/mol. The van der Waals surface area contributed by atoms with Crippen molar-refractivity contribution in [2.24, 2.45) is 29.1 Å². The van der Waals surface area contributed by atoms with E-state index in [9.17, 15) is 8.42 Å². The lowest BCUT2D eigenvalue weighted by Gasteiger charge is -2.46. The highest BCUT2D eigenvalue weighted by molar-refractivity contribution is 7.91. The maximum Gasteiger partial charge on any atom is 0.178 e. The molecule has 134 valence electrons. The van der Waals surface area contributed by atoms with Crippen molar-refractivity contribution < 1.29 is 8.42 Å². The Morgan fingerprint density at radius 2 is 1.88 bits per heavy atom. The first-order chi connectivity index (χ1) is 11.3. The zero-order valence-corrected chi connectivity index (χ0v) is 16.2. The van der Waals surface area contributed by atoms with Gasteiger partial charge in [0.2, 0.25) is 0 Å². The number of benzene rings is 1. The molecule has 2 aliphatic rings. The van der Waals surface area contributed by atoms with Crippen LogP contribution in [0.5, 0.6) is 0 Å². The smallest absolute Gasteiger partial charge is 0.178 e. The fraction of sp³-hybridized carbons (Fsp3) is 0.714. The van der Waals surface area contributed by atoms with Crippen LogP contribution >= 0.6 is 0 Å². The molecule has 2 aliphatic carbocycles. The Bertz CT molecular complexity index is 652. The van der Waals surface area contributed by atoms with Gasteiger partial charge in [-0.25, -0.2) is 8.42 Å². The molecule has 1 aromatic rings. The fourth-order valence-electron chi connectivity index (χ4n) is 5.83. The van der Waals surface area contributed by atoms with Crippen LogP contribution in [0.15, 0.2) is 35.2 Å². The summed E-state index contributed by atoms with van der Waals surface area (Å²) in [7, 11) is -3.14.